The van der Waals surface area contributed by atoms with Gasteiger partial charge in [-0.2, -0.15) is 5.11 Å². The van der Waals surface area contributed by atoms with E-state index in [0.29, 0.717) is 0 Å². The molecule has 0 unspecified atom stereocenters. The number of phenols is 1. The number of hydrogen-bond donors (Lipinski definition) is 1. The Morgan fingerprint density at radius 1 is 0.444 bits per heavy atom. The van der Waals surface area contributed by atoms with Crippen LogP contribution in [0.2, 0.25) is 0 Å². The van der Waals surface area contributed by atoms with Crippen molar-refractivity contribution in [3.8, 4) is 5.75 Å². The molecule has 5 nitrogen and oxygen atoms in total. The number of rotatable bonds is 4. The van der Waals surface area contributed by atoms with Crippen molar-refractivity contribution in [3.05, 3.63) is 115 Å². The minimum Gasteiger partial charge on any atom is -0.507 e. The molecule has 0 fully saturated rings. The molecule has 0 saturated carbocycles. The molecule has 0 heterocycles. The van der Waals surface area contributed by atoms with Gasteiger partial charge in [0.15, 0.2) is 0 Å². The van der Waals surface area contributed by atoms with Gasteiger partial charge in [-0.15, -0.1) is 15.3 Å². The lowest BCUT2D eigenvalue weighted by Gasteiger charge is -2.10. The second-order valence-corrected chi connectivity index (χ2v) is 8.67. The first-order chi connectivity index (χ1) is 17.7. The van der Waals surface area contributed by atoms with E-state index in [9.17, 15) is 5.11 Å². The molecule has 0 aliphatic rings. The van der Waals surface area contributed by atoms with Crippen molar-refractivity contribution in [2.45, 2.75) is 6.92 Å². The third-order valence-corrected chi connectivity index (χ3v) is 6.32. The van der Waals surface area contributed by atoms with E-state index in [2.05, 4.69) is 15.3 Å². The molecule has 0 amide bonds. The maximum absolute atomic E-state index is 10.8. The molecule has 0 aromatic heterocycles. The van der Waals surface area contributed by atoms with Gasteiger partial charge in [0.1, 0.15) is 11.4 Å². The smallest absolute Gasteiger partial charge is 0.131 e. The standard InChI is InChI=1S/C31H22N4O/c1-20-14-16-21(17-15-20)32-33-28-18-19-29(23-9-3-2-8-22(23)28)34-35-30-24-10-4-6-12-26(24)31(36)27-13-7-5-11-25(27)30/h2-19,36H,1H3. The van der Waals surface area contributed by atoms with Crippen molar-refractivity contribution in [3.63, 3.8) is 0 Å². The Balaban J connectivity index is 1.46. The Morgan fingerprint density at radius 2 is 0.889 bits per heavy atom. The molecule has 5 heteroatoms. The van der Waals surface area contributed by atoms with Gasteiger partial charge in [0.2, 0.25) is 0 Å². The Hall–Kier alpha value is -4.90. The summed E-state index contributed by atoms with van der Waals surface area (Å²) in [6.45, 7) is 2.05. The molecule has 0 saturated heterocycles. The van der Waals surface area contributed by atoms with Gasteiger partial charge in [-0.05, 0) is 31.2 Å². The van der Waals surface area contributed by atoms with Crippen molar-refractivity contribution in [1.82, 2.24) is 0 Å². The highest BCUT2D eigenvalue weighted by molar-refractivity contribution is 6.14. The second kappa shape index (κ2) is 9.04. The molecule has 0 aliphatic heterocycles. The summed E-state index contributed by atoms with van der Waals surface area (Å²) in [6, 6.07) is 35.2. The predicted molar refractivity (Wildman–Crippen MR) is 147 cm³/mol. The van der Waals surface area contributed by atoms with Gasteiger partial charge in [-0.1, -0.05) is 90.5 Å². The average Bonchev–Trinajstić information content (AvgIpc) is 2.93. The summed E-state index contributed by atoms with van der Waals surface area (Å²) in [5, 5.41) is 34.3. The molecular weight excluding hydrogens is 444 g/mol. The summed E-state index contributed by atoms with van der Waals surface area (Å²) in [5.74, 6) is 0.258. The van der Waals surface area contributed by atoms with Crippen LogP contribution in [0.1, 0.15) is 5.56 Å². The average molecular weight is 467 g/mol. The molecule has 1 N–H and O–H groups in total. The lowest BCUT2D eigenvalue weighted by atomic mass is 10.00. The number of benzene rings is 6. The van der Waals surface area contributed by atoms with Gasteiger partial charge in [0.05, 0.1) is 17.1 Å². The van der Waals surface area contributed by atoms with Crippen LogP contribution in [0.5, 0.6) is 5.75 Å². The molecule has 0 spiro atoms. The van der Waals surface area contributed by atoms with Crippen LogP contribution in [0.25, 0.3) is 32.3 Å². The quantitative estimate of drug-likeness (QED) is 0.204. The van der Waals surface area contributed by atoms with E-state index in [1.807, 2.05) is 116 Å². The van der Waals surface area contributed by atoms with Crippen LogP contribution in [-0.4, -0.2) is 5.11 Å². The van der Waals surface area contributed by atoms with Crippen molar-refractivity contribution < 1.29 is 5.11 Å². The zero-order chi connectivity index (χ0) is 24.5. The lowest BCUT2D eigenvalue weighted by Crippen LogP contribution is -1.81. The summed E-state index contributed by atoms with van der Waals surface area (Å²) in [4.78, 5) is 0. The third kappa shape index (κ3) is 3.87. The van der Waals surface area contributed by atoms with Crippen LogP contribution < -0.4 is 0 Å². The van der Waals surface area contributed by atoms with Gasteiger partial charge in [-0.25, -0.2) is 0 Å². The molecule has 6 rings (SSSR count). The molecule has 6 aromatic rings. The van der Waals surface area contributed by atoms with Crippen molar-refractivity contribution >= 4 is 55.1 Å². The van der Waals surface area contributed by atoms with Crippen LogP contribution in [0, 0.1) is 6.92 Å². The predicted octanol–water partition coefficient (Wildman–Crippen LogP) is 9.99. The SMILES string of the molecule is Cc1ccc(N=Nc2ccc(N=Nc3c4ccccc4c(O)c4ccccc34)c3ccccc23)cc1. The van der Waals surface area contributed by atoms with E-state index in [1.54, 1.807) is 0 Å². The fourth-order valence-electron chi connectivity index (χ4n) is 4.46. The maximum Gasteiger partial charge on any atom is 0.131 e. The summed E-state index contributed by atoms with van der Waals surface area (Å²) < 4.78 is 0. The van der Waals surface area contributed by atoms with Crippen LogP contribution in [0.15, 0.2) is 130 Å². The highest BCUT2D eigenvalue weighted by atomic mass is 16.3. The largest absolute Gasteiger partial charge is 0.507 e. The Morgan fingerprint density at radius 3 is 1.42 bits per heavy atom. The fraction of sp³-hybridized carbons (Fsp3) is 0.0323. The van der Waals surface area contributed by atoms with Gasteiger partial charge in [-0.3, -0.25) is 0 Å². The summed E-state index contributed by atoms with van der Waals surface area (Å²) in [6.07, 6.45) is 0. The van der Waals surface area contributed by atoms with Crippen molar-refractivity contribution in [2.24, 2.45) is 20.5 Å². The first-order valence-electron chi connectivity index (χ1n) is 11.7. The number of phenolic OH excluding ortho intramolecular Hbond substituents is 1. The first kappa shape index (κ1) is 21.6. The number of fused-ring (bicyclic) bond motifs is 3. The van der Waals surface area contributed by atoms with Gasteiger partial charge >= 0.3 is 0 Å². The van der Waals surface area contributed by atoms with Crippen molar-refractivity contribution in [2.75, 3.05) is 0 Å². The monoisotopic (exact) mass is 466 g/mol. The number of nitrogens with zero attached hydrogens (tertiary/aromatic N) is 4. The number of aromatic hydroxyl groups is 1. The van der Waals surface area contributed by atoms with Crippen LogP contribution in [0.3, 0.4) is 0 Å². The molecule has 36 heavy (non-hydrogen) atoms. The van der Waals surface area contributed by atoms with E-state index in [4.69, 9.17) is 5.11 Å². The van der Waals surface area contributed by atoms with Crippen LogP contribution in [-0.2, 0) is 0 Å². The molecule has 0 bridgehead atoms. The molecular formula is C31H22N4O. The third-order valence-electron chi connectivity index (χ3n) is 6.32. The van der Waals surface area contributed by atoms with E-state index >= 15 is 0 Å². The van der Waals surface area contributed by atoms with E-state index in [-0.39, 0.29) is 5.75 Å². The molecule has 0 atom stereocenters. The van der Waals surface area contributed by atoms with Gasteiger partial charge < -0.3 is 5.11 Å². The first-order valence-corrected chi connectivity index (χ1v) is 11.7. The Kier molecular flexibility index (Phi) is 5.43. The lowest BCUT2D eigenvalue weighted by molar-refractivity contribution is 0.488. The fourth-order valence-corrected chi connectivity index (χ4v) is 4.46. The topological polar surface area (TPSA) is 69.7 Å². The zero-order valence-electron chi connectivity index (χ0n) is 19.6. The summed E-state index contributed by atoms with van der Waals surface area (Å²) >= 11 is 0. The molecule has 172 valence electrons. The summed E-state index contributed by atoms with van der Waals surface area (Å²) in [5.41, 5.74) is 4.22. The summed E-state index contributed by atoms with van der Waals surface area (Å²) in [7, 11) is 0. The van der Waals surface area contributed by atoms with Crippen molar-refractivity contribution in [1.29, 1.82) is 0 Å². The highest BCUT2D eigenvalue weighted by Crippen LogP contribution is 2.43. The van der Waals surface area contributed by atoms with E-state index in [0.717, 1.165) is 55.1 Å². The van der Waals surface area contributed by atoms with Crippen LogP contribution in [0.4, 0.5) is 22.7 Å². The number of azo groups is 2. The second-order valence-electron chi connectivity index (χ2n) is 8.67. The zero-order valence-corrected chi connectivity index (χ0v) is 19.6. The highest BCUT2D eigenvalue weighted by Gasteiger charge is 2.13. The minimum absolute atomic E-state index is 0.258. The van der Waals surface area contributed by atoms with E-state index in [1.165, 1.54) is 5.56 Å². The van der Waals surface area contributed by atoms with E-state index < -0.39 is 0 Å². The van der Waals surface area contributed by atoms with Gasteiger partial charge in [0.25, 0.3) is 0 Å². The normalized spacial score (nSPS) is 11.9. The molecule has 0 radical (unpaired) electrons. The number of hydrogen-bond acceptors (Lipinski definition) is 5. The van der Waals surface area contributed by atoms with Crippen LogP contribution >= 0.6 is 0 Å². The molecule has 0 aliphatic carbocycles. The minimum atomic E-state index is 0.258. The molecule has 6 aromatic carbocycles. The Bertz CT molecular complexity index is 1750. The maximum atomic E-state index is 10.8. The Labute approximate surface area is 208 Å². The van der Waals surface area contributed by atoms with Gasteiger partial charge in [0, 0.05) is 32.3 Å². The number of aryl methyl sites for hydroxylation is 1.